The molecule has 53 valence electrons. The lowest BCUT2D eigenvalue weighted by molar-refractivity contribution is 0.974. The zero-order valence-electron chi connectivity index (χ0n) is 5.99. The van der Waals surface area contributed by atoms with Gasteiger partial charge in [0.15, 0.2) is 0 Å². The number of rotatable bonds is 0. The van der Waals surface area contributed by atoms with Crippen LogP contribution in [-0.4, -0.2) is 9.55 Å². The van der Waals surface area contributed by atoms with Gasteiger partial charge in [0.25, 0.3) is 0 Å². The van der Waals surface area contributed by atoms with Crippen LogP contribution in [0.2, 0.25) is 0 Å². The summed E-state index contributed by atoms with van der Waals surface area (Å²) in [6.45, 7) is 2.16. The predicted octanol–water partition coefficient (Wildman–Crippen LogP) is 1.60. The summed E-state index contributed by atoms with van der Waals surface area (Å²) in [6, 6.07) is 6.27. The quantitative estimate of drug-likeness (QED) is 0.547. The first-order chi connectivity index (χ1) is 5.45. The predicted molar refractivity (Wildman–Crippen MR) is 43.1 cm³/mol. The van der Waals surface area contributed by atoms with E-state index in [9.17, 15) is 0 Å². The Kier molecular flexibility index (Phi) is 0.799. The van der Waals surface area contributed by atoms with E-state index < -0.39 is 0 Å². The third-order valence-electron chi connectivity index (χ3n) is 2.19. The Bertz CT molecular complexity index is 414. The minimum atomic E-state index is 1.05. The minimum Gasteiger partial charge on any atom is -0.325 e. The highest BCUT2D eigenvalue weighted by Crippen LogP contribution is 2.24. The van der Waals surface area contributed by atoms with Crippen molar-refractivity contribution in [1.82, 2.24) is 9.55 Å². The van der Waals surface area contributed by atoms with Crippen molar-refractivity contribution in [2.75, 3.05) is 0 Å². The Morgan fingerprint density at radius 2 is 2.36 bits per heavy atom. The molecule has 3 rings (SSSR count). The standard InChI is InChI=1S/C9H7N2/c1-2-7-4-5-11-6-10-8(3-1)9(7)11/h1-3,5-6H,4H2. The second kappa shape index (κ2) is 1.64. The van der Waals surface area contributed by atoms with Gasteiger partial charge >= 0.3 is 0 Å². The highest BCUT2D eigenvalue weighted by Gasteiger charge is 2.13. The molecule has 0 fully saturated rings. The molecule has 11 heavy (non-hydrogen) atoms. The summed E-state index contributed by atoms with van der Waals surface area (Å²) >= 11 is 0. The molecule has 0 saturated heterocycles. The van der Waals surface area contributed by atoms with E-state index in [0.717, 1.165) is 11.9 Å². The van der Waals surface area contributed by atoms with Gasteiger partial charge in [-0.15, -0.1) is 0 Å². The van der Waals surface area contributed by atoms with E-state index in [1.165, 1.54) is 11.1 Å². The molecule has 1 aromatic carbocycles. The summed E-state index contributed by atoms with van der Waals surface area (Å²) in [5.74, 6) is 0. The van der Waals surface area contributed by atoms with Crippen molar-refractivity contribution in [2.45, 2.75) is 6.42 Å². The van der Waals surface area contributed by atoms with Crippen LogP contribution < -0.4 is 0 Å². The van der Waals surface area contributed by atoms with Gasteiger partial charge in [0, 0.05) is 0 Å². The molecule has 0 saturated carbocycles. The average Bonchev–Trinajstić information content (AvgIpc) is 2.60. The lowest BCUT2D eigenvalue weighted by atomic mass is 10.2. The minimum absolute atomic E-state index is 1.05. The zero-order chi connectivity index (χ0) is 7.26. The first-order valence-electron chi connectivity index (χ1n) is 3.73. The van der Waals surface area contributed by atoms with E-state index in [0.29, 0.717) is 0 Å². The highest BCUT2D eigenvalue weighted by molar-refractivity contribution is 5.81. The molecular formula is C9H7N2. The molecule has 0 bridgehead atoms. The van der Waals surface area contributed by atoms with Gasteiger partial charge in [-0.1, -0.05) is 12.1 Å². The molecule has 2 heteroatoms. The van der Waals surface area contributed by atoms with Crippen molar-refractivity contribution in [1.29, 1.82) is 0 Å². The lowest BCUT2D eigenvalue weighted by Crippen LogP contribution is -1.83. The highest BCUT2D eigenvalue weighted by atomic mass is 15.1. The van der Waals surface area contributed by atoms with Crippen LogP contribution in [0.25, 0.3) is 11.0 Å². The molecule has 1 radical (unpaired) electrons. The van der Waals surface area contributed by atoms with E-state index in [2.05, 4.69) is 34.3 Å². The van der Waals surface area contributed by atoms with E-state index in [-0.39, 0.29) is 0 Å². The van der Waals surface area contributed by atoms with E-state index in [4.69, 9.17) is 0 Å². The third kappa shape index (κ3) is 0.546. The van der Waals surface area contributed by atoms with Crippen LogP contribution >= 0.6 is 0 Å². The maximum atomic E-state index is 4.26. The van der Waals surface area contributed by atoms with Gasteiger partial charge < -0.3 is 4.57 Å². The van der Waals surface area contributed by atoms with Crippen molar-refractivity contribution in [2.24, 2.45) is 0 Å². The van der Waals surface area contributed by atoms with Gasteiger partial charge in [0.05, 0.1) is 23.9 Å². The Morgan fingerprint density at radius 3 is 3.36 bits per heavy atom. The first kappa shape index (κ1) is 5.35. The second-order valence-electron chi connectivity index (χ2n) is 2.82. The zero-order valence-corrected chi connectivity index (χ0v) is 5.99. The van der Waals surface area contributed by atoms with Crippen LogP contribution in [0.4, 0.5) is 0 Å². The van der Waals surface area contributed by atoms with Crippen molar-refractivity contribution < 1.29 is 0 Å². The number of imidazole rings is 1. The maximum Gasteiger partial charge on any atom is 0.0961 e. The van der Waals surface area contributed by atoms with E-state index >= 15 is 0 Å². The van der Waals surface area contributed by atoms with Crippen molar-refractivity contribution in [3.63, 3.8) is 0 Å². The van der Waals surface area contributed by atoms with Crippen LogP contribution in [0, 0.1) is 6.54 Å². The van der Waals surface area contributed by atoms with Crippen molar-refractivity contribution in [3.05, 3.63) is 36.6 Å². The summed E-state index contributed by atoms with van der Waals surface area (Å²) < 4.78 is 2.10. The second-order valence-corrected chi connectivity index (χ2v) is 2.82. The van der Waals surface area contributed by atoms with Crippen molar-refractivity contribution >= 4 is 11.0 Å². The molecule has 0 atom stereocenters. The summed E-state index contributed by atoms with van der Waals surface area (Å²) in [5, 5.41) is 0. The molecule has 0 N–H and O–H groups in total. The molecule has 1 aliphatic rings. The van der Waals surface area contributed by atoms with Crippen molar-refractivity contribution in [3.8, 4) is 0 Å². The monoisotopic (exact) mass is 143 g/mol. The number of para-hydroxylation sites is 1. The fourth-order valence-corrected chi connectivity index (χ4v) is 1.66. The smallest absolute Gasteiger partial charge is 0.0961 e. The number of hydrogen-bond donors (Lipinski definition) is 0. The Hall–Kier alpha value is -1.31. The summed E-state index contributed by atoms with van der Waals surface area (Å²) in [7, 11) is 0. The summed E-state index contributed by atoms with van der Waals surface area (Å²) in [5.41, 5.74) is 3.78. The van der Waals surface area contributed by atoms with Crippen LogP contribution in [0.5, 0.6) is 0 Å². The molecular weight excluding hydrogens is 136 g/mol. The number of aromatic nitrogens is 2. The third-order valence-corrected chi connectivity index (χ3v) is 2.19. The molecule has 0 spiro atoms. The molecule has 2 aromatic rings. The molecule has 2 nitrogen and oxygen atoms in total. The molecule has 2 heterocycles. The molecule has 0 amide bonds. The Morgan fingerprint density at radius 1 is 1.36 bits per heavy atom. The molecule has 1 aliphatic heterocycles. The fourth-order valence-electron chi connectivity index (χ4n) is 1.66. The van der Waals surface area contributed by atoms with Gasteiger partial charge in [-0.25, -0.2) is 4.98 Å². The molecule has 0 aliphatic carbocycles. The van der Waals surface area contributed by atoms with Gasteiger partial charge in [-0.05, 0) is 18.1 Å². The van der Waals surface area contributed by atoms with Gasteiger partial charge in [0.2, 0.25) is 0 Å². The van der Waals surface area contributed by atoms with Gasteiger partial charge in [-0.2, -0.15) is 0 Å². The lowest BCUT2D eigenvalue weighted by Gasteiger charge is -1.90. The van der Waals surface area contributed by atoms with Crippen LogP contribution in [0.1, 0.15) is 5.56 Å². The number of benzene rings is 1. The van der Waals surface area contributed by atoms with Gasteiger partial charge in [0.1, 0.15) is 0 Å². The van der Waals surface area contributed by atoms with Gasteiger partial charge in [-0.3, -0.25) is 0 Å². The van der Waals surface area contributed by atoms with Crippen LogP contribution in [0.15, 0.2) is 24.5 Å². The maximum absolute atomic E-state index is 4.26. The van der Waals surface area contributed by atoms with Crippen LogP contribution in [-0.2, 0) is 6.42 Å². The topological polar surface area (TPSA) is 17.8 Å². The summed E-state index contributed by atoms with van der Waals surface area (Å²) in [6.07, 6.45) is 2.93. The normalized spacial score (nSPS) is 14.5. The van der Waals surface area contributed by atoms with Crippen LogP contribution in [0.3, 0.4) is 0 Å². The summed E-state index contributed by atoms with van der Waals surface area (Å²) in [4.78, 5) is 4.26. The largest absolute Gasteiger partial charge is 0.325 e. The fraction of sp³-hybridized carbons (Fsp3) is 0.111. The van der Waals surface area contributed by atoms with E-state index in [1.807, 2.05) is 6.33 Å². The SMILES string of the molecule is [CH]1Cc2cccc3ncn1c23. The first-order valence-corrected chi connectivity index (χ1v) is 3.73. The number of nitrogens with zero attached hydrogens (tertiary/aromatic N) is 2. The average molecular weight is 143 g/mol. The number of hydrogen-bond acceptors (Lipinski definition) is 1. The molecule has 0 unspecified atom stereocenters. The van der Waals surface area contributed by atoms with E-state index in [1.54, 1.807) is 0 Å². The Labute approximate surface area is 64.5 Å². The Balaban J connectivity index is 2.61. The molecule has 1 aromatic heterocycles.